The molecule has 1 aliphatic rings. The standard InChI is InChI=1S/C13H20N4O2/c1-9-5-10(14)7-17(6-9)8-12(18)16-13(19)11-3-2-4-15-11/h2-4,9-10,15H,5-8,14H2,1H3,(H,16,18,19). The van der Waals surface area contributed by atoms with Crippen LogP contribution in [0.5, 0.6) is 0 Å². The monoisotopic (exact) mass is 264 g/mol. The molecule has 0 aromatic carbocycles. The molecule has 19 heavy (non-hydrogen) atoms. The second-order valence-electron chi connectivity index (χ2n) is 5.26. The van der Waals surface area contributed by atoms with Crippen molar-refractivity contribution in [1.82, 2.24) is 15.2 Å². The maximum Gasteiger partial charge on any atom is 0.274 e. The largest absolute Gasteiger partial charge is 0.357 e. The third kappa shape index (κ3) is 3.90. The first-order valence-corrected chi connectivity index (χ1v) is 6.50. The van der Waals surface area contributed by atoms with E-state index in [1.807, 2.05) is 4.90 Å². The first kappa shape index (κ1) is 13.8. The van der Waals surface area contributed by atoms with Gasteiger partial charge in [-0.05, 0) is 24.5 Å². The van der Waals surface area contributed by atoms with Crippen LogP contribution in [0.25, 0.3) is 0 Å². The van der Waals surface area contributed by atoms with Gasteiger partial charge in [0.05, 0.1) is 6.54 Å². The van der Waals surface area contributed by atoms with Gasteiger partial charge in [0.25, 0.3) is 5.91 Å². The number of nitrogens with one attached hydrogen (secondary N) is 2. The summed E-state index contributed by atoms with van der Waals surface area (Å²) in [6.45, 7) is 3.88. The first-order chi connectivity index (χ1) is 9.04. The van der Waals surface area contributed by atoms with Crippen LogP contribution in [0, 0.1) is 5.92 Å². The number of H-pyrrole nitrogens is 1. The molecule has 0 radical (unpaired) electrons. The summed E-state index contributed by atoms with van der Waals surface area (Å²) in [6, 6.07) is 3.45. The van der Waals surface area contributed by atoms with E-state index in [0.717, 1.165) is 13.0 Å². The van der Waals surface area contributed by atoms with E-state index in [1.165, 1.54) is 0 Å². The number of rotatable bonds is 3. The fraction of sp³-hybridized carbons (Fsp3) is 0.538. The van der Waals surface area contributed by atoms with Crippen molar-refractivity contribution in [2.45, 2.75) is 19.4 Å². The number of aromatic amines is 1. The highest BCUT2D eigenvalue weighted by molar-refractivity contribution is 6.04. The van der Waals surface area contributed by atoms with Crippen molar-refractivity contribution in [2.75, 3.05) is 19.6 Å². The summed E-state index contributed by atoms with van der Waals surface area (Å²) >= 11 is 0. The van der Waals surface area contributed by atoms with Crippen molar-refractivity contribution >= 4 is 11.8 Å². The molecule has 1 saturated heterocycles. The van der Waals surface area contributed by atoms with E-state index < -0.39 is 5.91 Å². The summed E-state index contributed by atoms with van der Waals surface area (Å²) in [5.41, 5.74) is 6.31. The number of amides is 2. The van der Waals surface area contributed by atoms with Crippen LogP contribution >= 0.6 is 0 Å². The average molecular weight is 264 g/mol. The molecule has 0 bridgehead atoms. The van der Waals surface area contributed by atoms with Crippen LogP contribution in [-0.2, 0) is 4.79 Å². The molecule has 1 aromatic heterocycles. The Kier molecular flexibility index (Phi) is 4.34. The Labute approximate surface area is 112 Å². The number of carbonyl (C=O) groups excluding carboxylic acids is 2. The Morgan fingerprint density at radius 1 is 1.53 bits per heavy atom. The summed E-state index contributed by atoms with van der Waals surface area (Å²) < 4.78 is 0. The van der Waals surface area contributed by atoms with Crippen LogP contribution in [0.3, 0.4) is 0 Å². The van der Waals surface area contributed by atoms with E-state index in [0.29, 0.717) is 18.2 Å². The minimum absolute atomic E-state index is 0.107. The van der Waals surface area contributed by atoms with Crippen molar-refractivity contribution in [3.05, 3.63) is 24.0 Å². The van der Waals surface area contributed by atoms with Gasteiger partial charge in [0, 0.05) is 25.3 Å². The third-order valence-corrected chi connectivity index (χ3v) is 3.23. The van der Waals surface area contributed by atoms with E-state index in [2.05, 4.69) is 17.2 Å². The fourth-order valence-electron chi connectivity index (χ4n) is 2.55. The molecule has 6 nitrogen and oxygen atoms in total. The van der Waals surface area contributed by atoms with Gasteiger partial charge in [-0.15, -0.1) is 0 Å². The predicted octanol–water partition coefficient (Wildman–Crippen LogP) is -0.0598. The fourth-order valence-corrected chi connectivity index (χ4v) is 2.55. The minimum Gasteiger partial charge on any atom is -0.357 e. The Bertz CT molecular complexity index is 434. The van der Waals surface area contributed by atoms with Crippen LogP contribution in [0.4, 0.5) is 0 Å². The van der Waals surface area contributed by atoms with Gasteiger partial charge >= 0.3 is 0 Å². The molecule has 1 fully saturated rings. The number of nitrogens with two attached hydrogens (primary N) is 1. The molecule has 2 unspecified atom stereocenters. The lowest BCUT2D eigenvalue weighted by Gasteiger charge is -2.34. The summed E-state index contributed by atoms with van der Waals surface area (Å²) in [4.78, 5) is 28.2. The van der Waals surface area contributed by atoms with E-state index in [1.54, 1.807) is 18.3 Å². The number of aromatic nitrogens is 1. The highest BCUT2D eigenvalue weighted by Crippen LogP contribution is 2.14. The van der Waals surface area contributed by atoms with Gasteiger partial charge in [-0.3, -0.25) is 19.8 Å². The number of likely N-dealkylation sites (tertiary alicyclic amines) is 1. The van der Waals surface area contributed by atoms with Crippen LogP contribution in [-0.4, -0.2) is 47.4 Å². The number of carbonyl (C=O) groups is 2. The SMILES string of the molecule is CC1CC(N)CN(CC(=O)NC(=O)c2ccc[nH]2)C1. The highest BCUT2D eigenvalue weighted by Gasteiger charge is 2.24. The van der Waals surface area contributed by atoms with E-state index >= 15 is 0 Å². The Balaban J connectivity index is 1.82. The molecule has 2 atom stereocenters. The smallest absolute Gasteiger partial charge is 0.274 e. The van der Waals surface area contributed by atoms with Gasteiger partial charge in [-0.2, -0.15) is 0 Å². The molecule has 1 aromatic rings. The molecule has 6 heteroatoms. The zero-order chi connectivity index (χ0) is 13.8. The van der Waals surface area contributed by atoms with Crippen molar-refractivity contribution < 1.29 is 9.59 Å². The average Bonchev–Trinajstić information content (AvgIpc) is 2.80. The molecule has 2 heterocycles. The maximum atomic E-state index is 11.8. The molecule has 1 aliphatic heterocycles. The van der Waals surface area contributed by atoms with Crippen molar-refractivity contribution in [3.63, 3.8) is 0 Å². The number of hydrogen-bond donors (Lipinski definition) is 3. The van der Waals surface area contributed by atoms with Crippen LogP contribution in [0.2, 0.25) is 0 Å². The number of nitrogens with zero attached hydrogens (tertiary/aromatic N) is 1. The van der Waals surface area contributed by atoms with Crippen LogP contribution < -0.4 is 11.1 Å². The molecular weight excluding hydrogens is 244 g/mol. The second-order valence-corrected chi connectivity index (χ2v) is 5.26. The molecule has 2 rings (SSSR count). The summed E-state index contributed by atoms with van der Waals surface area (Å²) in [7, 11) is 0. The van der Waals surface area contributed by atoms with Crippen molar-refractivity contribution in [1.29, 1.82) is 0 Å². The van der Waals surface area contributed by atoms with Gasteiger partial charge in [0.15, 0.2) is 0 Å². The normalized spacial score (nSPS) is 24.1. The van der Waals surface area contributed by atoms with Crippen LogP contribution in [0.15, 0.2) is 18.3 Å². The number of piperidine rings is 1. The minimum atomic E-state index is -0.399. The third-order valence-electron chi connectivity index (χ3n) is 3.23. The Morgan fingerprint density at radius 3 is 2.95 bits per heavy atom. The summed E-state index contributed by atoms with van der Waals surface area (Å²) in [5.74, 6) is -0.207. The van der Waals surface area contributed by atoms with Gasteiger partial charge in [0.2, 0.25) is 5.91 Å². The van der Waals surface area contributed by atoms with E-state index in [4.69, 9.17) is 5.73 Å². The lowest BCUT2D eigenvalue weighted by Crippen LogP contribution is -2.50. The quantitative estimate of drug-likeness (QED) is 0.713. The summed E-state index contributed by atoms with van der Waals surface area (Å²) in [6.07, 6.45) is 2.63. The van der Waals surface area contributed by atoms with Gasteiger partial charge in [0.1, 0.15) is 5.69 Å². The second kappa shape index (κ2) is 5.99. The van der Waals surface area contributed by atoms with Gasteiger partial charge in [-0.25, -0.2) is 0 Å². The predicted molar refractivity (Wildman–Crippen MR) is 71.5 cm³/mol. The molecule has 0 spiro atoms. The molecule has 4 N–H and O–H groups in total. The maximum absolute atomic E-state index is 11.8. The molecule has 0 aliphatic carbocycles. The highest BCUT2D eigenvalue weighted by atomic mass is 16.2. The molecule has 104 valence electrons. The van der Waals surface area contributed by atoms with Crippen molar-refractivity contribution in [3.8, 4) is 0 Å². The lowest BCUT2D eigenvalue weighted by molar-refractivity contribution is -0.121. The molecule has 0 saturated carbocycles. The summed E-state index contributed by atoms with van der Waals surface area (Å²) in [5, 5.41) is 2.37. The Hall–Kier alpha value is -1.66. The topological polar surface area (TPSA) is 91.2 Å². The van der Waals surface area contributed by atoms with Crippen LogP contribution in [0.1, 0.15) is 23.8 Å². The zero-order valence-corrected chi connectivity index (χ0v) is 11.1. The number of hydrogen-bond acceptors (Lipinski definition) is 4. The lowest BCUT2D eigenvalue weighted by atomic mass is 9.97. The first-order valence-electron chi connectivity index (χ1n) is 6.50. The van der Waals surface area contributed by atoms with Gasteiger partial charge in [-0.1, -0.05) is 6.92 Å². The van der Waals surface area contributed by atoms with E-state index in [9.17, 15) is 9.59 Å². The van der Waals surface area contributed by atoms with Crippen molar-refractivity contribution in [2.24, 2.45) is 11.7 Å². The molecular formula is C13H20N4O2. The zero-order valence-electron chi connectivity index (χ0n) is 11.1. The van der Waals surface area contributed by atoms with E-state index in [-0.39, 0.29) is 18.5 Å². The molecule has 2 amide bonds. The van der Waals surface area contributed by atoms with Gasteiger partial charge < -0.3 is 10.7 Å². The number of imide groups is 1. The Morgan fingerprint density at radius 2 is 2.32 bits per heavy atom.